The minimum atomic E-state index is -4.63. The Balaban J connectivity index is 3.07. The normalized spacial score (nSPS) is 12.4. The molecule has 2 N–H and O–H groups in total. The number of para-hydroxylation sites is 1. The number of carbonyl (C=O) groups excluding carboxylic acids is 1. The lowest BCUT2D eigenvalue weighted by atomic mass is 10.1. The zero-order valence-corrected chi connectivity index (χ0v) is 8.88. The summed E-state index contributed by atoms with van der Waals surface area (Å²) in [5.74, 6) is -1.27. The van der Waals surface area contributed by atoms with Crippen molar-refractivity contribution in [2.24, 2.45) is 0 Å². The molecule has 3 nitrogen and oxygen atoms in total. The second-order valence-electron chi connectivity index (χ2n) is 3.19. The highest BCUT2D eigenvalue weighted by Crippen LogP contribution is 2.24. The van der Waals surface area contributed by atoms with Gasteiger partial charge in [0, 0.05) is 13.1 Å². The largest absolute Gasteiger partial charge is 0.507 e. The number of phenols is 1. The number of alkyl halides is 3. The van der Waals surface area contributed by atoms with E-state index in [9.17, 15) is 23.1 Å². The molecule has 0 spiro atoms. The van der Waals surface area contributed by atoms with Crippen LogP contribution in [-0.2, 0) is 0 Å². The number of carbonyl (C=O) groups is 1. The number of hydrogen-bond acceptors (Lipinski definition) is 3. The minimum Gasteiger partial charge on any atom is -0.507 e. The molecule has 1 aromatic carbocycles. The van der Waals surface area contributed by atoms with Gasteiger partial charge in [0.2, 0.25) is 0 Å². The highest BCUT2D eigenvalue weighted by atomic mass is 19.4. The molecule has 0 atom stereocenters. The van der Waals surface area contributed by atoms with Crippen LogP contribution in [0.25, 0.3) is 0 Å². The first-order chi connectivity index (χ1) is 7.86. The second-order valence-corrected chi connectivity index (χ2v) is 3.19. The summed E-state index contributed by atoms with van der Waals surface area (Å²) in [6.45, 7) is 0. The quantitative estimate of drug-likeness (QED) is 0.634. The number of halogens is 3. The van der Waals surface area contributed by atoms with E-state index in [-0.39, 0.29) is 11.3 Å². The number of nitrogens with one attached hydrogen (secondary N) is 1. The highest BCUT2D eigenvalue weighted by Gasteiger charge is 2.33. The molecular weight excluding hydrogens is 235 g/mol. The summed E-state index contributed by atoms with van der Waals surface area (Å²) in [4.78, 5) is 11.5. The van der Waals surface area contributed by atoms with Gasteiger partial charge in [-0.15, -0.1) is 0 Å². The zero-order valence-electron chi connectivity index (χ0n) is 8.88. The van der Waals surface area contributed by atoms with Crippen LogP contribution in [0.5, 0.6) is 5.75 Å². The molecule has 0 fully saturated rings. The van der Waals surface area contributed by atoms with Crippen molar-refractivity contribution < 1.29 is 23.1 Å². The average Bonchev–Trinajstić information content (AvgIpc) is 2.24. The van der Waals surface area contributed by atoms with Crippen LogP contribution >= 0.6 is 0 Å². The summed E-state index contributed by atoms with van der Waals surface area (Å²) in [6, 6.07) is 5.40. The molecule has 0 unspecified atom stereocenters. The molecule has 0 aliphatic carbocycles. The summed E-state index contributed by atoms with van der Waals surface area (Å²) in [5, 5.41) is 11.2. The zero-order chi connectivity index (χ0) is 13.1. The van der Waals surface area contributed by atoms with E-state index in [1.54, 1.807) is 0 Å². The van der Waals surface area contributed by atoms with E-state index in [0.29, 0.717) is 6.08 Å². The Bertz CT molecular complexity index is 452. The number of benzene rings is 1. The third-order valence-electron chi connectivity index (χ3n) is 2.02. The van der Waals surface area contributed by atoms with E-state index in [4.69, 9.17) is 0 Å². The van der Waals surface area contributed by atoms with Gasteiger partial charge in [-0.05, 0) is 12.1 Å². The van der Waals surface area contributed by atoms with Crippen molar-refractivity contribution in [1.29, 1.82) is 0 Å². The molecule has 0 bridgehead atoms. The summed E-state index contributed by atoms with van der Waals surface area (Å²) < 4.78 is 37.1. The minimum absolute atomic E-state index is 0.176. The van der Waals surface area contributed by atoms with Crippen LogP contribution in [0.2, 0.25) is 0 Å². The van der Waals surface area contributed by atoms with Crippen LogP contribution in [-0.4, -0.2) is 24.1 Å². The molecule has 0 aliphatic rings. The van der Waals surface area contributed by atoms with Gasteiger partial charge in [0.1, 0.15) is 11.4 Å². The lowest BCUT2D eigenvalue weighted by Gasteiger charge is -2.10. The van der Waals surface area contributed by atoms with Crippen LogP contribution < -0.4 is 5.32 Å². The van der Waals surface area contributed by atoms with Gasteiger partial charge in [0.25, 0.3) is 0 Å². The molecule has 6 heteroatoms. The Morgan fingerprint density at radius 2 is 1.94 bits per heavy atom. The Kier molecular flexibility index (Phi) is 3.77. The summed E-state index contributed by atoms with van der Waals surface area (Å²) in [6.07, 6.45) is -4.22. The fourth-order valence-corrected chi connectivity index (χ4v) is 1.19. The molecule has 0 saturated carbocycles. The molecule has 0 amide bonds. The molecular formula is C11H10F3NO2. The molecule has 17 heavy (non-hydrogen) atoms. The van der Waals surface area contributed by atoms with Crippen molar-refractivity contribution in [3.8, 4) is 5.75 Å². The molecule has 92 valence electrons. The van der Waals surface area contributed by atoms with E-state index in [0.717, 1.165) is 7.05 Å². The summed E-state index contributed by atoms with van der Waals surface area (Å²) in [7, 11) is 1.07. The molecule has 0 heterocycles. The van der Waals surface area contributed by atoms with Crippen molar-refractivity contribution in [1.82, 2.24) is 5.32 Å². The molecule has 0 aliphatic heterocycles. The second kappa shape index (κ2) is 4.90. The number of aromatic hydroxyl groups is 1. The van der Waals surface area contributed by atoms with E-state index in [2.05, 4.69) is 0 Å². The topological polar surface area (TPSA) is 49.3 Å². The fraction of sp³-hybridized carbons (Fsp3) is 0.182. The summed E-state index contributed by atoms with van der Waals surface area (Å²) in [5.41, 5.74) is -1.34. The number of phenolic OH excluding ortho intramolecular Hbond substituents is 1. The molecule has 0 radical (unpaired) electrons. The predicted octanol–water partition coefficient (Wildman–Crippen LogP) is 2.24. The van der Waals surface area contributed by atoms with Crippen molar-refractivity contribution >= 4 is 5.78 Å². The number of allylic oxidation sites excluding steroid dienone is 2. The van der Waals surface area contributed by atoms with Crippen LogP contribution in [0.4, 0.5) is 13.2 Å². The maximum absolute atomic E-state index is 12.4. The van der Waals surface area contributed by atoms with Gasteiger partial charge >= 0.3 is 6.18 Å². The smallest absolute Gasteiger partial charge is 0.431 e. The summed E-state index contributed by atoms with van der Waals surface area (Å²) >= 11 is 0. The molecule has 1 rings (SSSR count). The maximum atomic E-state index is 12.4. The van der Waals surface area contributed by atoms with Crippen molar-refractivity contribution in [3.05, 3.63) is 41.6 Å². The van der Waals surface area contributed by atoms with E-state index < -0.39 is 17.7 Å². The SMILES string of the molecule is CNC(=CC(=O)c1ccccc1O)C(F)(F)F. The Morgan fingerprint density at radius 1 is 1.35 bits per heavy atom. The van der Waals surface area contributed by atoms with Crippen molar-refractivity contribution in [2.45, 2.75) is 6.18 Å². The van der Waals surface area contributed by atoms with E-state index >= 15 is 0 Å². The fourth-order valence-electron chi connectivity index (χ4n) is 1.19. The Morgan fingerprint density at radius 3 is 2.41 bits per heavy atom. The van der Waals surface area contributed by atoms with Gasteiger partial charge in [-0.25, -0.2) is 0 Å². The van der Waals surface area contributed by atoms with Gasteiger partial charge in [-0.1, -0.05) is 12.1 Å². The molecule has 0 saturated heterocycles. The maximum Gasteiger partial charge on any atom is 0.431 e. The number of hydrogen-bond donors (Lipinski definition) is 2. The van der Waals surface area contributed by atoms with Gasteiger partial charge in [0.05, 0.1) is 5.56 Å². The van der Waals surface area contributed by atoms with Crippen molar-refractivity contribution in [3.63, 3.8) is 0 Å². The van der Waals surface area contributed by atoms with Gasteiger partial charge in [-0.3, -0.25) is 4.79 Å². The van der Waals surface area contributed by atoms with E-state index in [1.807, 2.05) is 5.32 Å². The third kappa shape index (κ3) is 3.24. The highest BCUT2D eigenvalue weighted by molar-refractivity contribution is 6.06. The molecule has 0 aromatic heterocycles. The van der Waals surface area contributed by atoms with Crippen molar-refractivity contribution in [2.75, 3.05) is 7.05 Å². The number of ketones is 1. The number of rotatable bonds is 3. The first kappa shape index (κ1) is 13.1. The van der Waals surface area contributed by atoms with Crippen LogP contribution in [0.1, 0.15) is 10.4 Å². The van der Waals surface area contributed by atoms with E-state index in [1.165, 1.54) is 24.3 Å². The predicted molar refractivity (Wildman–Crippen MR) is 55.6 cm³/mol. The monoisotopic (exact) mass is 245 g/mol. The lowest BCUT2D eigenvalue weighted by Crippen LogP contribution is -2.24. The van der Waals surface area contributed by atoms with Crippen LogP contribution in [0, 0.1) is 0 Å². The standard InChI is InChI=1S/C11H10F3NO2/c1-15-10(11(12,13)14)6-9(17)7-4-2-3-5-8(7)16/h2-6,15-16H,1H3. The van der Waals surface area contributed by atoms with Gasteiger partial charge < -0.3 is 10.4 Å². The molecule has 1 aromatic rings. The lowest BCUT2D eigenvalue weighted by molar-refractivity contribution is -0.0960. The van der Waals surface area contributed by atoms with Crippen LogP contribution in [0.3, 0.4) is 0 Å². The Hall–Kier alpha value is -1.98. The first-order valence-corrected chi connectivity index (χ1v) is 4.65. The van der Waals surface area contributed by atoms with Gasteiger partial charge in [0.15, 0.2) is 5.78 Å². The van der Waals surface area contributed by atoms with Gasteiger partial charge in [-0.2, -0.15) is 13.2 Å². The average molecular weight is 245 g/mol. The first-order valence-electron chi connectivity index (χ1n) is 4.65. The van der Waals surface area contributed by atoms with Crippen LogP contribution in [0.15, 0.2) is 36.0 Å². The third-order valence-corrected chi connectivity index (χ3v) is 2.02. The Labute approximate surface area is 95.6 Å².